The van der Waals surface area contributed by atoms with E-state index >= 15 is 0 Å². The molecule has 1 aromatic carbocycles. The van der Waals surface area contributed by atoms with Crippen molar-refractivity contribution in [3.63, 3.8) is 0 Å². The molecule has 0 saturated heterocycles. The first kappa shape index (κ1) is 14.9. The summed E-state index contributed by atoms with van der Waals surface area (Å²) in [5.74, 6) is 1.34. The Balaban J connectivity index is 1.74. The smallest absolute Gasteiger partial charge is 0.488 e. The molecule has 2 aliphatic heterocycles. The summed E-state index contributed by atoms with van der Waals surface area (Å²) in [5.41, 5.74) is 6.91. The number of nitrogens with zero attached hydrogens (tertiary/aromatic N) is 2. The van der Waals surface area contributed by atoms with Gasteiger partial charge < -0.3 is 20.5 Å². The molecule has 124 valence electrons. The molecule has 0 saturated carbocycles. The largest absolute Gasteiger partial charge is 0.504 e. The fourth-order valence-electron chi connectivity index (χ4n) is 3.15. The summed E-state index contributed by atoms with van der Waals surface area (Å²) >= 11 is 0. The molecule has 1 aromatic heterocycles. The van der Waals surface area contributed by atoms with E-state index in [1.54, 1.807) is 6.20 Å². The zero-order valence-corrected chi connectivity index (χ0v) is 13.6. The van der Waals surface area contributed by atoms with Crippen LogP contribution in [0.2, 0.25) is 0 Å². The quantitative estimate of drug-likeness (QED) is 0.830. The molecule has 3 N–H and O–H groups in total. The van der Waals surface area contributed by atoms with Crippen molar-refractivity contribution in [1.29, 1.82) is 0 Å². The first-order chi connectivity index (χ1) is 11.5. The molecule has 7 nitrogen and oxygen atoms in total. The van der Waals surface area contributed by atoms with Crippen molar-refractivity contribution in [3.8, 4) is 17.5 Å². The highest BCUT2D eigenvalue weighted by molar-refractivity contribution is 5.94. The van der Waals surface area contributed by atoms with Crippen LogP contribution in [0.15, 0.2) is 30.6 Å². The second-order valence-corrected chi connectivity index (χ2v) is 6.29. The number of rotatable bonds is 3. The third-order valence-corrected chi connectivity index (χ3v) is 4.60. The number of hydrogen-bond donors (Lipinski definition) is 2. The van der Waals surface area contributed by atoms with Crippen LogP contribution in [0.25, 0.3) is 0 Å². The maximum absolute atomic E-state index is 12.0. The fraction of sp³-hybridized carbons (Fsp3) is 0.353. The summed E-state index contributed by atoms with van der Waals surface area (Å²) in [4.78, 5) is 16.4. The highest BCUT2D eigenvalue weighted by Crippen LogP contribution is 2.46. The van der Waals surface area contributed by atoms with Crippen molar-refractivity contribution >= 4 is 11.6 Å². The number of carbonyl (C=O) groups is 1. The summed E-state index contributed by atoms with van der Waals surface area (Å²) in [7, 11) is 0. The predicted molar refractivity (Wildman–Crippen MR) is 86.1 cm³/mol. The zero-order valence-electron chi connectivity index (χ0n) is 13.6. The van der Waals surface area contributed by atoms with E-state index in [0.29, 0.717) is 24.7 Å². The van der Waals surface area contributed by atoms with Gasteiger partial charge in [0.15, 0.2) is 11.7 Å². The van der Waals surface area contributed by atoms with Crippen molar-refractivity contribution in [3.05, 3.63) is 36.2 Å². The van der Waals surface area contributed by atoms with E-state index in [1.165, 1.54) is 0 Å². The Morgan fingerprint density at radius 2 is 2.29 bits per heavy atom. The molecule has 0 spiro atoms. The molecule has 2 aliphatic rings. The van der Waals surface area contributed by atoms with Crippen molar-refractivity contribution < 1.29 is 18.8 Å². The zero-order chi connectivity index (χ0) is 16.9. The van der Waals surface area contributed by atoms with Gasteiger partial charge in [-0.15, -0.1) is 0 Å². The number of hydrogen-bond acceptors (Lipinski definition) is 5. The van der Waals surface area contributed by atoms with Crippen molar-refractivity contribution in [2.24, 2.45) is 5.73 Å². The lowest BCUT2D eigenvalue weighted by atomic mass is 9.92. The van der Waals surface area contributed by atoms with Gasteiger partial charge in [0.25, 0.3) is 0 Å². The number of anilines is 1. The van der Waals surface area contributed by atoms with Crippen LogP contribution < -0.4 is 25.1 Å². The molecule has 7 heteroatoms. The molecule has 1 unspecified atom stereocenters. The Bertz CT molecular complexity index is 839. The van der Waals surface area contributed by atoms with Gasteiger partial charge in [-0.1, -0.05) is 13.0 Å². The monoisotopic (exact) mass is 327 g/mol. The minimum absolute atomic E-state index is 0.231. The molecule has 1 amide bonds. The van der Waals surface area contributed by atoms with Gasteiger partial charge >= 0.3 is 6.01 Å². The Kier molecular flexibility index (Phi) is 3.21. The highest BCUT2D eigenvalue weighted by atomic mass is 16.5. The number of nitrogens with two attached hydrogens (primary N) is 1. The second kappa shape index (κ2) is 5.17. The van der Waals surface area contributed by atoms with Crippen LogP contribution >= 0.6 is 0 Å². The van der Waals surface area contributed by atoms with Gasteiger partial charge in [0.2, 0.25) is 5.91 Å². The normalized spacial score (nSPS) is 21.1. The van der Waals surface area contributed by atoms with E-state index in [1.807, 2.05) is 35.9 Å². The molecule has 0 radical (unpaired) electrons. The summed E-state index contributed by atoms with van der Waals surface area (Å²) in [6.07, 6.45) is 3.96. The van der Waals surface area contributed by atoms with Crippen molar-refractivity contribution in [2.75, 3.05) is 11.9 Å². The number of carbonyl (C=O) groups excluding carboxylic acids is 1. The topological polar surface area (TPSA) is 90.4 Å². The summed E-state index contributed by atoms with van der Waals surface area (Å²) in [5, 5.41) is 2.80. The number of amides is 1. The SMILES string of the molecule is CC[C@@H](N)C(=O)Nc1cnc2[n+](c1)C1(C)COc3cccc(c31)O2. The predicted octanol–water partition coefficient (Wildman–Crippen LogP) is 1.31. The lowest BCUT2D eigenvalue weighted by molar-refractivity contribution is -0.757. The van der Waals surface area contributed by atoms with E-state index in [4.69, 9.17) is 15.2 Å². The van der Waals surface area contributed by atoms with E-state index in [2.05, 4.69) is 17.2 Å². The summed E-state index contributed by atoms with van der Waals surface area (Å²) in [6, 6.07) is 5.66. The van der Waals surface area contributed by atoms with E-state index < -0.39 is 11.6 Å². The van der Waals surface area contributed by atoms with Gasteiger partial charge in [0, 0.05) is 0 Å². The molecule has 4 rings (SSSR count). The van der Waals surface area contributed by atoms with Crippen LogP contribution in [-0.4, -0.2) is 23.5 Å². The molecule has 3 heterocycles. The summed E-state index contributed by atoms with van der Waals surface area (Å²) in [6.45, 7) is 4.42. The van der Waals surface area contributed by atoms with Gasteiger partial charge in [0.05, 0.1) is 11.6 Å². The number of benzene rings is 1. The molecule has 2 aromatic rings. The van der Waals surface area contributed by atoms with Gasteiger partial charge in [-0.25, -0.2) is 0 Å². The van der Waals surface area contributed by atoms with Crippen LogP contribution in [0, 0.1) is 0 Å². The average Bonchev–Trinajstić information content (AvgIpc) is 2.94. The maximum atomic E-state index is 12.0. The number of aromatic nitrogens is 2. The van der Waals surface area contributed by atoms with Gasteiger partial charge in [-0.2, -0.15) is 4.57 Å². The number of fused-ring (bicyclic) bond motifs is 2. The van der Waals surface area contributed by atoms with Crippen LogP contribution in [0.4, 0.5) is 5.69 Å². The Labute approximate surface area is 139 Å². The van der Waals surface area contributed by atoms with Crippen LogP contribution in [-0.2, 0) is 10.3 Å². The van der Waals surface area contributed by atoms with Crippen LogP contribution in [0.3, 0.4) is 0 Å². The summed E-state index contributed by atoms with van der Waals surface area (Å²) < 4.78 is 13.6. The molecule has 24 heavy (non-hydrogen) atoms. The van der Waals surface area contributed by atoms with Crippen LogP contribution in [0.1, 0.15) is 25.8 Å². The molecule has 0 aliphatic carbocycles. The third-order valence-electron chi connectivity index (χ3n) is 4.60. The molecular formula is C17H19N4O3+. The lowest BCUT2D eigenvalue weighted by Crippen LogP contribution is -2.59. The average molecular weight is 327 g/mol. The van der Waals surface area contributed by atoms with Gasteiger partial charge in [-0.3, -0.25) is 4.79 Å². The third kappa shape index (κ3) is 2.05. The second-order valence-electron chi connectivity index (χ2n) is 6.29. The Morgan fingerprint density at radius 3 is 3.08 bits per heavy atom. The van der Waals surface area contributed by atoms with Gasteiger partial charge in [0.1, 0.15) is 30.0 Å². The molecular weight excluding hydrogens is 308 g/mol. The fourth-order valence-corrected chi connectivity index (χ4v) is 3.15. The Hall–Kier alpha value is -2.67. The minimum atomic E-state index is -0.542. The van der Waals surface area contributed by atoms with E-state index in [0.717, 1.165) is 17.1 Å². The maximum Gasteiger partial charge on any atom is 0.504 e. The number of ether oxygens (including phenoxy) is 2. The molecule has 0 bridgehead atoms. The first-order valence-corrected chi connectivity index (χ1v) is 7.95. The van der Waals surface area contributed by atoms with Crippen molar-refractivity contribution in [2.45, 2.75) is 31.8 Å². The first-order valence-electron chi connectivity index (χ1n) is 7.95. The van der Waals surface area contributed by atoms with Crippen molar-refractivity contribution in [1.82, 2.24) is 4.98 Å². The minimum Gasteiger partial charge on any atom is -0.488 e. The molecule has 2 atom stereocenters. The van der Waals surface area contributed by atoms with E-state index in [9.17, 15) is 4.79 Å². The molecule has 0 fully saturated rings. The van der Waals surface area contributed by atoms with Gasteiger partial charge in [-0.05, 0) is 30.5 Å². The van der Waals surface area contributed by atoms with E-state index in [-0.39, 0.29) is 5.91 Å². The standard InChI is InChI=1S/C17H18N4O3/c1-3-11(18)15(22)20-10-7-19-16-21(8-10)17(2)9-23-12-5-4-6-13(24-16)14(12)17/h4-8,11H,3,9,18H2,1-2H3/p+1/t11-,17?/m1/s1. The Morgan fingerprint density at radius 1 is 1.50 bits per heavy atom. The lowest BCUT2D eigenvalue weighted by Gasteiger charge is -2.27. The number of nitrogens with one attached hydrogen (secondary N) is 1. The highest BCUT2D eigenvalue weighted by Gasteiger charge is 2.50. The van der Waals surface area contributed by atoms with Crippen LogP contribution in [0.5, 0.6) is 17.5 Å².